The van der Waals surface area contributed by atoms with Crippen molar-refractivity contribution in [2.24, 2.45) is 0 Å². The normalized spacial score (nSPS) is 10.8. The lowest BCUT2D eigenvalue weighted by atomic mass is 10.3. The largest absolute Gasteiger partial charge is 0.220 e. The van der Waals surface area contributed by atoms with Crippen molar-refractivity contribution in [1.29, 1.82) is 0 Å². The minimum absolute atomic E-state index is 0.667. The minimum atomic E-state index is 0.667. The van der Waals surface area contributed by atoms with Crippen LogP contribution < -0.4 is 0 Å². The standard InChI is InChI=1S/C16H12N6S2/c1-3-7-13(8-4-1)21-11-17-15(19-21)23-24-16-18-12-22(20-16)14-9-5-2-6-10-14/h1-12H. The van der Waals surface area contributed by atoms with E-state index in [1.807, 2.05) is 60.7 Å². The monoisotopic (exact) mass is 352 g/mol. The van der Waals surface area contributed by atoms with Crippen LogP contribution in [0.4, 0.5) is 0 Å². The Kier molecular flexibility index (Phi) is 4.30. The smallest absolute Gasteiger partial charge is 0.219 e. The van der Waals surface area contributed by atoms with Crippen LogP contribution in [-0.2, 0) is 0 Å². The van der Waals surface area contributed by atoms with Gasteiger partial charge < -0.3 is 0 Å². The van der Waals surface area contributed by atoms with Gasteiger partial charge in [-0.25, -0.2) is 19.3 Å². The van der Waals surface area contributed by atoms with Gasteiger partial charge in [0.2, 0.25) is 10.3 Å². The summed E-state index contributed by atoms with van der Waals surface area (Å²) in [5.41, 5.74) is 1.96. The topological polar surface area (TPSA) is 61.4 Å². The Bertz CT molecular complexity index is 842. The Morgan fingerprint density at radius 1 is 0.583 bits per heavy atom. The molecule has 0 atom stereocenters. The third kappa shape index (κ3) is 3.34. The van der Waals surface area contributed by atoms with Gasteiger partial charge >= 0.3 is 0 Å². The molecule has 0 N–H and O–H groups in total. The van der Waals surface area contributed by atoms with Crippen LogP contribution in [0.3, 0.4) is 0 Å². The predicted octanol–water partition coefficient (Wildman–Crippen LogP) is 3.65. The van der Waals surface area contributed by atoms with Crippen LogP contribution in [0.5, 0.6) is 0 Å². The zero-order valence-electron chi connectivity index (χ0n) is 12.4. The third-order valence-electron chi connectivity index (χ3n) is 3.17. The fraction of sp³-hybridized carbons (Fsp3) is 0. The second kappa shape index (κ2) is 6.90. The molecular formula is C16H12N6S2. The quantitative estimate of drug-likeness (QED) is 0.511. The van der Waals surface area contributed by atoms with Crippen molar-refractivity contribution in [2.75, 3.05) is 0 Å². The van der Waals surface area contributed by atoms with E-state index in [4.69, 9.17) is 0 Å². The molecule has 118 valence electrons. The van der Waals surface area contributed by atoms with Gasteiger partial charge in [-0.05, 0) is 45.9 Å². The summed E-state index contributed by atoms with van der Waals surface area (Å²) in [6.07, 6.45) is 3.41. The highest BCUT2D eigenvalue weighted by Gasteiger charge is 2.08. The number of para-hydroxylation sites is 2. The maximum Gasteiger partial charge on any atom is 0.219 e. The van der Waals surface area contributed by atoms with E-state index >= 15 is 0 Å². The van der Waals surface area contributed by atoms with E-state index < -0.39 is 0 Å². The van der Waals surface area contributed by atoms with E-state index in [2.05, 4.69) is 20.2 Å². The summed E-state index contributed by atoms with van der Waals surface area (Å²) in [7, 11) is 2.87. The maximum absolute atomic E-state index is 4.45. The molecule has 0 fully saturated rings. The van der Waals surface area contributed by atoms with Crippen LogP contribution in [-0.4, -0.2) is 29.5 Å². The van der Waals surface area contributed by atoms with Gasteiger partial charge in [0.25, 0.3) is 0 Å². The summed E-state index contributed by atoms with van der Waals surface area (Å²) in [6.45, 7) is 0. The summed E-state index contributed by atoms with van der Waals surface area (Å²) < 4.78 is 3.50. The molecule has 24 heavy (non-hydrogen) atoms. The van der Waals surface area contributed by atoms with E-state index in [-0.39, 0.29) is 0 Å². The Balaban J connectivity index is 1.43. The molecule has 0 spiro atoms. The van der Waals surface area contributed by atoms with Gasteiger partial charge in [0.1, 0.15) is 12.7 Å². The number of hydrogen-bond donors (Lipinski definition) is 0. The number of benzene rings is 2. The van der Waals surface area contributed by atoms with E-state index in [1.165, 1.54) is 21.6 Å². The molecule has 0 saturated heterocycles. The highest BCUT2D eigenvalue weighted by molar-refractivity contribution is 8.76. The van der Waals surface area contributed by atoms with Crippen LogP contribution in [0.25, 0.3) is 11.4 Å². The summed E-state index contributed by atoms with van der Waals surface area (Å²) in [6, 6.07) is 19.8. The molecule has 4 rings (SSSR count). The van der Waals surface area contributed by atoms with Gasteiger partial charge in [-0.15, -0.1) is 10.2 Å². The van der Waals surface area contributed by atoms with Crippen LogP contribution in [0.15, 0.2) is 83.6 Å². The van der Waals surface area contributed by atoms with Gasteiger partial charge in [-0.2, -0.15) is 0 Å². The second-order valence-electron chi connectivity index (χ2n) is 4.78. The highest BCUT2D eigenvalue weighted by atomic mass is 33.1. The average molecular weight is 352 g/mol. The molecule has 6 nitrogen and oxygen atoms in total. The second-order valence-corrected chi connectivity index (χ2v) is 6.84. The first-order valence-corrected chi connectivity index (χ1v) is 9.32. The first-order valence-electron chi connectivity index (χ1n) is 7.17. The summed E-state index contributed by atoms with van der Waals surface area (Å²) in [4.78, 5) is 8.61. The Hall–Kier alpha value is -2.58. The van der Waals surface area contributed by atoms with E-state index in [0.29, 0.717) is 10.3 Å². The average Bonchev–Trinajstić information content (AvgIpc) is 3.31. The van der Waals surface area contributed by atoms with Gasteiger partial charge in [-0.1, -0.05) is 36.4 Å². The zero-order chi connectivity index (χ0) is 16.2. The molecule has 0 aliphatic heterocycles. The van der Waals surface area contributed by atoms with Crippen LogP contribution >= 0.6 is 21.6 Å². The zero-order valence-corrected chi connectivity index (χ0v) is 14.1. The molecule has 2 aromatic heterocycles. The van der Waals surface area contributed by atoms with Crippen molar-refractivity contribution in [2.45, 2.75) is 10.3 Å². The van der Waals surface area contributed by atoms with Gasteiger partial charge in [0, 0.05) is 0 Å². The number of nitrogens with zero attached hydrogens (tertiary/aromatic N) is 6. The molecule has 0 unspecified atom stereocenters. The van der Waals surface area contributed by atoms with Crippen molar-refractivity contribution in [3.63, 3.8) is 0 Å². The molecule has 0 saturated carbocycles. The van der Waals surface area contributed by atoms with E-state index in [0.717, 1.165) is 11.4 Å². The fourth-order valence-corrected chi connectivity index (χ4v) is 3.53. The van der Waals surface area contributed by atoms with Crippen molar-refractivity contribution in [3.05, 3.63) is 73.3 Å². The minimum Gasteiger partial charge on any atom is -0.220 e. The molecule has 0 bridgehead atoms. The third-order valence-corrected chi connectivity index (χ3v) is 5.07. The fourth-order valence-electron chi connectivity index (χ4n) is 2.06. The summed E-state index contributed by atoms with van der Waals surface area (Å²) >= 11 is 0. The summed E-state index contributed by atoms with van der Waals surface area (Å²) in [5.74, 6) is 0. The Morgan fingerprint density at radius 3 is 1.42 bits per heavy atom. The van der Waals surface area contributed by atoms with E-state index in [9.17, 15) is 0 Å². The van der Waals surface area contributed by atoms with Crippen molar-refractivity contribution in [1.82, 2.24) is 29.5 Å². The van der Waals surface area contributed by atoms with Crippen LogP contribution in [0.2, 0.25) is 0 Å². The highest BCUT2D eigenvalue weighted by Crippen LogP contribution is 2.33. The first-order chi connectivity index (χ1) is 11.9. The van der Waals surface area contributed by atoms with Crippen molar-refractivity contribution >= 4 is 21.6 Å². The lowest BCUT2D eigenvalue weighted by molar-refractivity contribution is 0.834. The summed E-state index contributed by atoms with van der Waals surface area (Å²) in [5, 5.41) is 10.2. The molecule has 0 amide bonds. The SMILES string of the molecule is c1ccc(-n2cnc(SSc3ncn(-c4ccccc4)n3)n2)cc1. The molecule has 2 aromatic carbocycles. The number of hydrogen-bond acceptors (Lipinski definition) is 6. The molecule has 0 aliphatic rings. The predicted molar refractivity (Wildman–Crippen MR) is 94.4 cm³/mol. The molecule has 8 heteroatoms. The lowest BCUT2D eigenvalue weighted by Crippen LogP contribution is -1.93. The first kappa shape index (κ1) is 15.0. The van der Waals surface area contributed by atoms with Gasteiger partial charge in [-0.3, -0.25) is 0 Å². The Morgan fingerprint density at radius 2 is 1.00 bits per heavy atom. The molecular weight excluding hydrogens is 340 g/mol. The van der Waals surface area contributed by atoms with Crippen molar-refractivity contribution in [3.8, 4) is 11.4 Å². The number of rotatable bonds is 5. The number of aromatic nitrogens is 6. The molecule has 0 aliphatic carbocycles. The lowest BCUT2D eigenvalue weighted by Gasteiger charge is -1.98. The van der Waals surface area contributed by atoms with Crippen LogP contribution in [0, 0.1) is 0 Å². The Labute approximate surface area is 146 Å². The maximum atomic E-state index is 4.45. The van der Waals surface area contributed by atoms with Crippen molar-refractivity contribution < 1.29 is 0 Å². The molecule has 4 aromatic rings. The molecule has 2 heterocycles. The van der Waals surface area contributed by atoms with Gasteiger partial charge in [0.05, 0.1) is 11.4 Å². The van der Waals surface area contributed by atoms with Crippen LogP contribution in [0.1, 0.15) is 0 Å². The molecule has 0 radical (unpaired) electrons. The van der Waals surface area contributed by atoms with E-state index in [1.54, 1.807) is 22.0 Å². The van der Waals surface area contributed by atoms with Gasteiger partial charge in [0.15, 0.2) is 0 Å².